The molecule has 0 aromatic heterocycles. The molecule has 6 heteroatoms. The van der Waals surface area contributed by atoms with E-state index in [2.05, 4.69) is 4.72 Å². The van der Waals surface area contributed by atoms with Gasteiger partial charge >= 0.3 is 0 Å². The molecule has 0 unspecified atom stereocenters. The molecule has 1 saturated carbocycles. The van der Waals surface area contributed by atoms with Crippen molar-refractivity contribution in [3.05, 3.63) is 23.8 Å². The van der Waals surface area contributed by atoms with Crippen LogP contribution in [0.2, 0.25) is 0 Å². The van der Waals surface area contributed by atoms with Crippen LogP contribution in [0.4, 0.5) is 0 Å². The summed E-state index contributed by atoms with van der Waals surface area (Å²) < 4.78 is 33.5. The number of sulfonamides is 1. The van der Waals surface area contributed by atoms with Gasteiger partial charge < -0.3 is 10.5 Å². The van der Waals surface area contributed by atoms with E-state index in [9.17, 15) is 8.42 Å². The van der Waals surface area contributed by atoms with Gasteiger partial charge in [0.25, 0.3) is 0 Å². The molecule has 21 heavy (non-hydrogen) atoms. The van der Waals surface area contributed by atoms with E-state index in [1.807, 2.05) is 6.92 Å². The third-order valence-electron chi connectivity index (χ3n) is 4.45. The van der Waals surface area contributed by atoms with Crippen LogP contribution >= 0.6 is 0 Å². The van der Waals surface area contributed by atoms with E-state index in [1.54, 1.807) is 18.2 Å². The van der Waals surface area contributed by atoms with Gasteiger partial charge in [-0.05, 0) is 56.0 Å². The van der Waals surface area contributed by atoms with E-state index in [0.29, 0.717) is 11.4 Å². The van der Waals surface area contributed by atoms with Crippen molar-refractivity contribution in [1.29, 1.82) is 0 Å². The molecule has 1 heterocycles. The van der Waals surface area contributed by atoms with Crippen molar-refractivity contribution in [2.24, 2.45) is 11.7 Å². The van der Waals surface area contributed by atoms with Crippen LogP contribution in [0.25, 0.3) is 0 Å². The Morgan fingerprint density at radius 2 is 2.19 bits per heavy atom. The Kier molecular flexibility index (Phi) is 3.94. The second-order valence-electron chi connectivity index (χ2n) is 6.06. The maximum atomic E-state index is 12.5. The molecule has 116 valence electrons. The fraction of sp³-hybridized carbons (Fsp3) is 0.600. The Morgan fingerprint density at radius 3 is 2.95 bits per heavy atom. The van der Waals surface area contributed by atoms with Gasteiger partial charge in [-0.2, -0.15) is 0 Å². The Balaban J connectivity index is 1.81. The molecule has 0 amide bonds. The summed E-state index contributed by atoms with van der Waals surface area (Å²) in [4.78, 5) is 0.321. The first-order valence-electron chi connectivity index (χ1n) is 7.51. The summed E-state index contributed by atoms with van der Waals surface area (Å²) in [7, 11) is -3.49. The van der Waals surface area contributed by atoms with Crippen molar-refractivity contribution in [2.75, 3.05) is 6.54 Å². The molecule has 3 rings (SSSR count). The molecule has 1 aromatic rings. The zero-order chi connectivity index (χ0) is 15.0. The highest BCUT2D eigenvalue weighted by Gasteiger charge is 2.31. The molecule has 0 bridgehead atoms. The lowest BCUT2D eigenvalue weighted by atomic mass is 10.1. The summed E-state index contributed by atoms with van der Waals surface area (Å²) in [6.45, 7) is 2.51. The van der Waals surface area contributed by atoms with Crippen LogP contribution in [-0.2, 0) is 16.4 Å². The lowest BCUT2D eigenvalue weighted by Gasteiger charge is -2.19. The molecule has 0 spiro atoms. The molecule has 1 aliphatic carbocycles. The molecule has 3 N–H and O–H groups in total. The summed E-state index contributed by atoms with van der Waals surface area (Å²) in [5.41, 5.74) is 6.68. The van der Waals surface area contributed by atoms with E-state index in [4.69, 9.17) is 10.5 Å². The second-order valence-corrected chi connectivity index (χ2v) is 7.77. The third-order valence-corrected chi connectivity index (χ3v) is 5.93. The van der Waals surface area contributed by atoms with E-state index in [1.165, 1.54) is 0 Å². The van der Waals surface area contributed by atoms with Crippen LogP contribution in [0.5, 0.6) is 5.75 Å². The van der Waals surface area contributed by atoms with Gasteiger partial charge in [-0.25, -0.2) is 13.1 Å². The zero-order valence-electron chi connectivity index (χ0n) is 12.2. The Labute approximate surface area is 125 Å². The molecule has 1 fully saturated rings. The predicted molar refractivity (Wildman–Crippen MR) is 80.7 cm³/mol. The standard InChI is InChI=1S/C15H22N2O3S/c1-10-7-12-8-13(5-6-15(12)20-10)21(18,19)17-14-4-2-3-11(14)9-16/h5-6,8,10-11,14,17H,2-4,7,9,16H2,1H3/t10-,11-,14+/m1/s1. The van der Waals surface area contributed by atoms with E-state index in [-0.39, 0.29) is 18.1 Å². The monoisotopic (exact) mass is 310 g/mol. The number of nitrogens with one attached hydrogen (secondary N) is 1. The fourth-order valence-electron chi connectivity index (χ4n) is 3.31. The summed E-state index contributed by atoms with van der Waals surface area (Å²) in [5.74, 6) is 1.04. The number of nitrogens with two attached hydrogens (primary N) is 1. The fourth-order valence-corrected chi connectivity index (χ4v) is 4.70. The first kappa shape index (κ1) is 14.8. The van der Waals surface area contributed by atoms with Gasteiger partial charge in [0.1, 0.15) is 11.9 Å². The van der Waals surface area contributed by atoms with Crippen molar-refractivity contribution in [2.45, 2.75) is 49.6 Å². The van der Waals surface area contributed by atoms with Crippen molar-refractivity contribution in [1.82, 2.24) is 4.72 Å². The van der Waals surface area contributed by atoms with Crippen molar-refractivity contribution < 1.29 is 13.2 Å². The lowest BCUT2D eigenvalue weighted by molar-refractivity contribution is 0.254. The Morgan fingerprint density at radius 1 is 1.38 bits per heavy atom. The van der Waals surface area contributed by atoms with Crippen LogP contribution in [-0.4, -0.2) is 27.1 Å². The first-order chi connectivity index (χ1) is 9.99. The van der Waals surface area contributed by atoms with Gasteiger partial charge in [0.15, 0.2) is 0 Å². The topological polar surface area (TPSA) is 81.4 Å². The van der Waals surface area contributed by atoms with Gasteiger partial charge in [-0.15, -0.1) is 0 Å². The molecule has 3 atom stereocenters. The molecule has 0 saturated heterocycles. The number of benzene rings is 1. The molecule has 1 aromatic carbocycles. The third kappa shape index (κ3) is 2.93. The van der Waals surface area contributed by atoms with Crippen LogP contribution in [0.1, 0.15) is 31.7 Å². The minimum absolute atomic E-state index is 0.0385. The molecular weight excluding hydrogens is 288 g/mol. The highest BCUT2D eigenvalue weighted by molar-refractivity contribution is 7.89. The van der Waals surface area contributed by atoms with E-state index in [0.717, 1.165) is 37.0 Å². The summed E-state index contributed by atoms with van der Waals surface area (Å²) in [6, 6.07) is 5.06. The van der Waals surface area contributed by atoms with E-state index < -0.39 is 10.0 Å². The lowest BCUT2D eigenvalue weighted by Crippen LogP contribution is -2.39. The van der Waals surface area contributed by atoms with Gasteiger partial charge in [0.05, 0.1) is 4.90 Å². The minimum Gasteiger partial charge on any atom is -0.490 e. The molecular formula is C15H22N2O3S. The van der Waals surface area contributed by atoms with Gasteiger partial charge in [0, 0.05) is 12.5 Å². The smallest absolute Gasteiger partial charge is 0.240 e. The number of rotatable bonds is 4. The predicted octanol–water partition coefficient (Wildman–Crippen LogP) is 1.42. The van der Waals surface area contributed by atoms with Gasteiger partial charge in [-0.1, -0.05) is 6.42 Å². The summed E-state index contributed by atoms with van der Waals surface area (Å²) in [6.07, 6.45) is 3.77. The van der Waals surface area contributed by atoms with Crippen molar-refractivity contribution in [3.63, 3.8) is 0 Å². The maximum absolute atomic E-state index is 12.5. The van der Waals surface area contributed by atoms with Crippen molar-refractivity contribution >= 4 is 10.0 Å². The number of ether oxygens (including phenoxy) is 1. The molecule has 2 aliphatic rings. The maximum Gasteiger partial charge on any atom is 0.240 e. The Hall–Kier alpha value is -1.11. The van der Waals surface area contributed by atoms with Gasteiger partial charge in [-0.3, -0.25) is 0 Å². The highest BCUT2D eigenvalue weighted by Crippen LogP contribution is 2.31. The minimum atomic E-state index is -3.49. The quantitative estimate of drug-likeness (QED) is 0.881. The van der Waals surface area contributed by atoms with Crippen LogP contribution in [0, 0.1) is 5.92 Å². The Bertz CT molecular complexity index is 630. The van der Waals surface area contributed by atoms with Crippen molar-refractivity contribution in [3.8, 4) is 5.75 Å². The van der Waals surface area contributed by atoms with Crippen LogP contribution < -0.4 is 15.2 Å². The van der Waals surface area contributed by atoms with Crippen LogP contribution in [0.3, 0.4) is 0 Å². The van der Waals surface area contributed by atoms with E-state index >= 15 is 0 Å². The summed E-state index contributed by atoms with van der Waals surface area (Å²) >= 11 is 0. The molecule has 0 radical (unpaired) electrons. The molecule has 1 aliphatic heterocycles. The summed E-state index contributed by atoms with van der Waals surface area (Å²) in [5, 5.41) is 0. The van der Waals surface area contributed by atoms with Gasteiger partial charge in [0.2, 0.25) is 10.0 Å². The normalized spacial score (nSPS) is 28.4. The number of hydrogen-bond acceptors (Lipinski definition) is 4. The average molecular weight is 310 g/mol. The van der Waals surface area contributed by atoms with Crippen LogP contribution in [0.15, 0.2) is 23.1 Å². The second kappa shape index (κ2) is 5.59. The highest BCUT2D eigenvalue weighted by atomic mass is 32.2. The molecule has 5 nitrogen and oxygen atoms in total. The average Bonchev–Trinajstić information content (AvgIpc) is 3.01. The first-order valence-corrected chi connectivity index (χ1v) is 9.00. The zero-order valence-corrected chi connectivity index (χ0v) is 13.0. The SMILES string of the molecule is C[C@@H]1Cc2cc(S(=O)(=O)N[C@H]3CCC[C@@H]3CN)ccc2O1. The number of hydrogen-bond donors (Lipinski definition) is 2. The number of fused-ring (bicyclic) bond motifs is 1. The largest absolute Gasteiger partial charge is 0.490 e.